The first-order valence-electron chi connectivity index (χ1n) is 9.49. The predicted octanol–water partition coefficient (Wildman–Crippen LogP) is 2.73. The van der Waals surface area contributed by atoms with Gasteiger partial charge < -0.3 is 14.6 Å². The Labute approximate surface area is 185 Å². The number of nitrogens with zero attached hydrogens (tertiary/aromatic N) is 4. The summed E-state index contributed by atoms with van der Waals surface area (Å²) in [6.07, 6.45) is 1.38. The fourth-order valence-electron chi connectivity index (χ4n) is 3.15. The number of esters is 1. The fraction of sp³-hybridized carbons (Fsp3) is 0.190. The molecule has 0 radical (unpaired) electrons. The normalized spacial score (nSPS) is 11.0. The van der Waals surface area contributed by atoms with Gasteiger partial charge in [-0.15, -0.1) is 11.3 Å². The van der Waals surface area contributed by atoms with Crippen molar-refractivity contribution < 1.29 is 18.7 Å². The maximum atomic E-state index is 13.2. The van der Waals surface area contributed by atoms with Gasteiger partial charge in [0.05, 0.1) is 23.1 Å². The van der Waals surface area contributed by atoms with E-state index in [0.717, 1.165) is 11.3 Å². The molecular weight excluding hydrogens is 437 g/mol. The molecule has 4 aromatic rings. The van der Waals surface area contributed by atoms with Gasteiger partial charge in [0.15, 0.2) is 6.61 Å². The number of aryl methyl sites for hydroxylation is 3. The number of hydrogen-bond acceptors (Lipinski definition) is 7. The molecule has 0 bridgehead atoms. The monoisotopic (exact) mass is 455 g/mol. The van der Waals surface area contributed by atoms with Gasteiger partial charge in [-0.05, 0) is 43.7 Å². The predicted molar refractivity (Wildman–Crippen MR) is 117 cm³/mol. The molecule has 9 nitrogen and oxygen atoms in total. The number of thiophene rings is 1. The summed E-state index contributed by atoms with van der Waals surface area (Å²) in [6.45, 7) is 2.85. The molecule has 0 spiro atoms. The number of rotatable bonds is 5. The molecule has 164 valence electrons. The topological polar surface area (TPSA) is 108 Å². The van der Waals surface area contributed by atoms with Crippen molar-refractivity contribution in [3.05, 3.63) is 69.0 Å². The average molecular weight is 455 g/mol. The number of fused-ring (bicyclic) bond motifs is 1. The SMILES string of the molecule is Cc1cc(NC(=O)COC(=O)c2sc3ncn(C)c(=O)c3c2C)n(-c2ccc(F)cc2)n1. The van der Waals surface area contributed by atoms with Crippen LogP contribution in [-0.2, 0) is 16.6 Å². The molecule has 0 saturated carbocycles. The lowest BCUT2D eigenvalue weighted by molar-refractivity contribution is -0.119. The van der Waals surface area contributed by atoms with Crippen LogP contribution in [-0.4, -0.2) is 37.8 Å². The molecule has 0 fully saturated rings. The van der Waals surface area contributed by atoms with E-state index in [1.165, 1.54) is 39.8 Å². The van der Waals surface area contributed by atoms with Crippen LogP contribution in [0, 0.1) is 19.7 Å². The summed E-state index contributed by atoms with van der Waals surface area (Å²) in [6, 6.07) is 7.27. The third-order valence-electron chi connectivity index (χ3n) is 4.70. The summed E-state index contributed by atoms with van der Waals surface area (Å²) in [7, 11) is 1.58. The number of aromatic nitrogens is 4. The van der Waals surface area contributed by atoms with E-state index in [1.54, 1.807) is 27.0 Å². The van der Waals surface area contributed by atoms with Crippen LogP contribution in [0.5, 0.6) is 0 Å². The number of carbonyl (C=O) groups is 2. The van der Waals surface area contributed by atoms with E-state index in [0.29, 0.717) is 33.0 Å². The lowest BCUT2D eigenvalue weighted by Gasteiger charge is -2.09. The summed E-state index contributed by atoms with van der Waals surface area (Å²) >= 11 is 1.04. The minimum Gasteiger partial charge on any atom is -0.451 e. The van der Waals surface area contributed by atoms with Crippen LogP contribution in [0.4, 0.5) is 10.2 Å². The number of hydrogen-bond donors (Lipinski definition) is 1. The van der Waals surface area contributed by atoms with Crippen molar-refractivity contribution in [3.63, 3.8) is 0 Å². The molecule has 0 unspecified atom stereocenters. The van der Waals surface area contributed by atoms with E-state index in [-0.39, 0.29) is 16.3 Å². The molecule has 0 atom stereocenters. The maximum Gasteiger partial charge on any atom is 0.349 e. The first-order chi connectivity index (χ1) is 15.2. The van der Waals surface area contributed by atoms with E-state index in [1.807, 2.05) is 0 Å². The lowest BCUT2D eigenvalue weighted by atomic mass is 10.2. The minimum atomic E-state index is -0.717. The van der Waals surface area contributed by atoms with Gasteiger partial charge in [-0.3, -0.25) is 9.59 Å². The Morgan fingerprint density at radius 1 is 1.22 bits per heavy atom. The van der Waals surface area contributed by atoms with E-state index >= 15 is 0 Å². The summed E-state index contributed by atoms with van der Waals surface area (Å²) in [5, 5.41) is 7.29. The average Bonchev–Trinajstić information content (AvgIpc) is 3.29. The number of anilines is 1. The summed E-state index contributed by atoms with van der Waals surface area (Å²) < 4.78 is 21.1. The lowest BCUT2D eigenvalue weighted by Crippen LogP contribution is -2.22. The Balaban J connectivity index is 1.47. The van der Waals surface area contributed by atoms with Crippen molar-refractivity contribution in [1.29, 1.82) is 0 Å². The second-order valence-corrected chi connectivity index (χ2v) is 8.08. The van der Waals surface area contributed by atoms with Crippen molar-refractivity contribution in [3.8, 4) is 5.69 Å². The largest absolute Gasteiger partial charge is 0.451 e. The number of halogens is 1. The molecule has 0 aliphatic heterocycles. The molecule has 1 amide bonds. The molecule has 3 aromatic heterocycles. The van der Waals surface area contributed by atoms with Gasteiger partial charge in [0, 0.05) is 13.1 Å². The van der Waals surface area contributed by atoms with E-state index in [4.69, 9.17) is 4.74 Å². The first-order valence-corrected chi connectivity index (χ1v) is 10.3. The zero-order chi connectivity index (χ0) is 23.0. The standard InChI is InChI=1S/C21H18FN5O4S/c1-11-8-15(27(25-11)14-6-4-13(22)5-7-14)24-16(28)9-31-21(30)18-12(2)17-19(32-18)23-10-26(3)20(17)29/h4-8,10H,9H2,1-3H3,(H,24,28). The van der Waals surface area contributed by atoms with E-state index in [9.17, 15) is 18.8 Å². The molecule has 0 saturated heterocycles. The van der Waals surface area contributed by atoms with Crippen molar-refractivity contribution >= 4 is 39.2 Å². The van der Waals surface area contributed by atoms with Gasteiger partial charge in [0.2, 0.25) is 0 Å². The first kappa shape index (κ1) is 21.4. The highest BCUT2D eigenvalue weighted by atomic mass is 32.1. The van der Waals surface area contributed by atoms with Gasteiger partial charge in [0.1, 0.15) is 21.3 Å². The number of nitrogens with one attached hydrogen (secondary N) is 1. The minimum absolute atomic E-state index is 0.218. The number of ether oxygens (including phenoxy) is 1. The van der Waals surface area contributed by atoms with Crippen molar-refractivity contribution in [1.82, 2.24) is 19.3 Å². The Bertz CT molecular complexity index is 1400. The molecule has 0 aliphatic carbocycles. The summed E-state index contributed by atoms with van der Waals surface area (Å²) in [5.41, 5.74) is 1.40. The molecule has 4 rings (SSSR count). The molecule has 3 heterocycles. The van der Waals surface area contributed by atoms with Gasteiger partial charge in [-0.2, -0.15) is 5.10 Å². The van der Waals surface area contributed by atoms with Crippen molar-refractivity contribution in [2.24, 2.45) is 7.05 Å². The zero-order valence-electron chi connectivity index (χ0n) is 17.4. The number of carbonyl (C=O) groups excluding carboxylic acids is 2. The van der Waals surface area contributed by atoms with Crippen LogP contribution < -0.4 is 10.9 Å². The molecule has 1 aromatic carbocycles. The van der Waals surface area contributed by atoms with Crippen LogP contribution in [0.15, 0.2) is 41.5 Å². The van der Waals surface area contributed by atoms with Crippen LogP contribution >= 0.6 is 11.3 Å². The Hall–Kier alpha value is -3.86. The Kier molecular flexibility index (Phi) is 5.57. The third-order valence-corrected chi connectivity index (χ3v) is 5.88. The van der Waals surface area contributed by atoms with Crippen LogP contribution in [0.25, 0.3) is 15.9 Å². The van der Waals surface area contributed by atoms with E-state index in [2.05, 4.69) is 15.4 Å². The second kappa shape index (κ2) is 8.35. The zero-order valence-corrected chi connectivity index (χ0v) is 18.2. The van der Waals surface area contributed by atoms with Crippen molar-refractivity contribution in [2.75, 3.05) is 11.9 Å². The molecule has 1 N–H and O–H groups in total. The number of benzene rings is 1. The van der Waals surface area contributed by atoms with Crippen LogP contribution in [0.2, 0.25) is 0 Å². The third kappa shape index (κ3) is 4.02. The highest BCUT2D eigenvalue weighted by molar-refractivity contribution is 7.20. The maximum absolute atomic E-state index is 13.2. The Morgan fingerprint density at radius 3 is 2.66 bits per heavy atom. The van der Waals surface area contributed by atoms with Crippen LogP contribution in [0.1, 0.15) is 20.9 Å². The van der Waals surface area contributed by atoms with Gasteiger partial charge >= 0.3 is 5.97 Å². The number of amides is 1. The highest BCUT2D eigenvalue weighted by Gasteiger charge is 2.21. The quantitative estimate of drug-likeness (QED) is 0.464. The summed E-state index contributed by atoms with van der Waals surface area (Å²) in [5.74, 6) is -1.33. The molecule has 11 heteroatoms. The van der Waals surface area contributed by atoms with Gasteiger partial charge in [0.25, 0.3) is 11.5 Å². The van der Waals surface area contributed by atoms with Crippen LogP contribution in [0.3, 0.4) is 0 Å². The second-order valence-electron chi connectivity index (χ2n) is 7.08. The van der Waals surface area contributed by atoms with Crippen molar-refractivity contribution in [2.45, 2.75) is 13.8 Å². The highest BCUT2D eigenvalue weighted by Crippen LogP contribution is 2.27. The smallest absolute Gasteiger partial charge is 0.349 e. The fourth-order valence-corrected chi connectivity index (χ4v) is 4.18. The molecular formula is C21H18FN5O4S. The van der Waals surface area contributed by atoms with Gasteiger partial charge in [-0.25, -0.2) is 18.9 Å². The summed E-state index contributed by atoms with van der Waals surface area (Å²) in [4.78, 5) is 42.1. The van der Waals surface area contributed by atoms with Gasteiger partial charge in [-0.1, -0.05) is 0 Å². The molecule has 32 heavy (non-hydrogen) atoms. The molecule has 0 aliphatic rings. The van der Waals surface area contributed by atoms with E-state index < -0.39 is 18.5 Å². The Morgan fingerprint density at radius 2 is 1.94 bits per heavy atom.